The fourth-order valence-corrected chi connectivity index (χ4v) is 4.43. The first-order chi connectivity index (χ1) is 9.52. The van der Waals surface area contributed by atoms with Gasteiger partial charge in [-0.05, 0) is 25.3 Å². The second-order valence-electron chi connectivity index (χ2n) is 5.06. The van der Waals surface area contributed by atoms with Crippen LogP contribution in [0.1, 0.15) is 19.0 Å². The lowest BCUT2D eigenvalue weighted by Crippen LogP contribution is -2.29. The van der Waals surface area contributed by atoms with Crippen molar-refractivity contribution in [2.24, 2.45) is 5.92 Å². The lowest BCUT2D eigenvalue weighted by atomic mass is 10.1. The summed E-state index contributed by atoms with van der Waals surface area (Å²) < 4.78 is 33.8. The van der Waals surface area contributed by atoms with Crippen molar-refractivity contribution in [1.29, 1.82) is 0 Å². The van der Waals surface area contributed by atoms with E-state index in [1.807, 2.05) is 11.5 Å². The Morgan fingerprint density at radius 3 is 2.80 bits per heavy atom. The van der Waals surface area contributed by atoms with Crippen LogP contribution < -0.4 is 0 Å². The predicted molar refractivity (Wildman–Crippen MR) is 78.4 cm³/mol. The molecule has 1 fully saturated rings. The molecule has 0 saturated carbocycles. The van der Waals surface area contributed by atoms with Crippen LogP contribution in [0.25, 0.3) is 0 Å². The molecule has 1 aliphatic heterocycles. The first kappa shape index (κ1) is 15.8. The highest BCUT2D eigenvalue weighted by Gasteiger charge is 2.33. The fraction of sp³-hybridized carbons (Fsp3) is 0.692. The van der Waals surface area contributed by atoms with Crippen LogP contribution >= 0.6 is 11.6 Å². The molecule has 0 radical (unpaired) electrons. The zero-order chi connectivity index (χ0) is 14.8. The highest BCUT2D eigenvalue weighted by molar-refractivity contribution is 7.89. The summed E-state index contributed by atoms with van der Waals surface area (Å²) in [5.41, 5.74) is 0.834. The Kier molecular flexibility index (Phi) is 5.12. The Bertz CT molecular complexity index is 534. The Balaban J connectivity index is 2.20. The molecular weight excluding hydrogens is 300 g/mol. The number of hydrogen-bond donors (Lipinski definition) is 0. The molecule has 0 aliphatic carbocycles. The van der Waals surface area contributed by atoms with Crippen LogP contribution in [-0.4, -0.2) is 44.1 Å². The maximum atomic E-state index is 12.6. The van der Waals surface area contributed by atoms with E-state index in [-0.39, 0.29) is 5.92 Å². The van der Waals surface area contributed by atoms with Crippen molar-refractivity contribution in [3.05, 3.63) is 18.0 Å². The summed E-state index contributed by atoms with van der Waals surface area (Å²) >= 11 is 5.85. The topological polar surface area (TPSA) is 51.5 Å². The Hall–Kier alpha value is -0.560. The first-order valence-corrected chi connectivity index (χ1v) is 8.74. The molecule has 0 aromatic carbocycles. The van der Waals surface area contributed by atoms with Gasteiger partial charge in [0.15, 0.2) is 0 Å². The number of aromatic nitrogens is 1. The molecule has 2 heterocycles. The van der Waals surface area contributed by atoms with Gasteiger partial charge in [0.1, 0.15) is 4.90 Å². The smallest absolute Gasteiger partial charge is 0.244 e. The molecule has 5 nitrogen and oxygen atoms in total. The van der Waals surface area contributed by atoms with Crippen molar-refractivity contribution < 1.29 is 13.2 Å². The van der Waals surface area contributed by atoms with Crippen LogP contribution in [0.3, 0.4) is 0 Å². The number of aryl methyl sites for hydroxylation is 1. The number of nitrogens with zero attached hydrogens (tertiary/aromatic N) is 2. The van der Waals surface area contributed by atoms with Crippen molar-refractivity contribution in [1.82, 2.24) is 8.87 Å². The monoisotopic (exact) mass is 320 g/mol. The van der Waals surface area contributed by atoms with Gasteiger partial charge in [-0.2, -0.15) is 4.31 Å². The summed E-state index contributed by atoms with van der Waals surface area (Å²) in [6.45, 7) is 4.38. The lowest BCUT2D eigenvalue weighted by Gasteiger charge is -2.15. The maximum Gasteiger partial charge on any atom is 0.244 e. The van der Waals surface area contributed by atoms with Gasteiger partial charge in [0.05, 0.1) is 12.5 Å². The summed E-state index contributed by atoms with van der Waals surface area (Å²) in [5, 5.41) is 0. The van der Waals surface area contributed by atoms with Crippen LogP contribution in [0.15, 0.2) is 17.2 Å². The van der Waals surface area contributed by atoms with Crippen molar-refractivity contribution >= 4 is 21.6 Å². The molecule has 1 aromatic heterocycles. The van der Waals surface area contributed by atoms with Crippen LogP contribution in [0.5, 0.6) is 0 Å². The number of rotatable bonds is 6. The van der Waals surface area contributed by atoms with Gasteiger partial charge in [0, 0.05) is 38.6 Å². The number of sulfonamides is 1. The number of halogens is 1. The van der Waals surface area contributed by atoms with Gasteiger partial charge >= 0.3 is 0 Å². The first-order valence-electron chi connectivity index (χ1n) is 6.77. The molecule has 0 spiro atoms. The number of ether oxygens (including phenoxy) is 1. The molecule has 7 heteroatoms. The Morgan fingerprint density at radius 2 is 2.25 bits per heavy atom. The summed E-state index contributed by atoms with van der Waals surface area (Å²) in [5.74, 6) is 0.603. The zero-order valence-corrected chi connectivity index (χ0v) is 13.5. The van der Waals surface area contributed by atoms with Crippen LogP contribution in [0, 0.1) is 5.92 Å². The highest BCUT2D eigenvalue weighted by Crippen LogP contribution is 2.26. The molecule has 114 valence electrons. The largest absolute Gasteiger partial charge is 0.384 e. The summed E-state index contributed by atoms with van der Waals surface area (Å²) in [6, 6.07) is 1.68. The number of hydrogen-bond acceptors (Lipinski definition) is 3. The van der Waals surface area contributed by atoms with E-state index < -0.39 is 10.0 Å². The van der Waals surface area contributed by atoms with Gasteiger partial charge in [-0.25, -0.2) is 8.42 Å². The van der Waals surface area contributed by atoms with E-state index in [0.29, 0.717) is 37.0 Å². The van der Waals surface area contributed by atoms with Crippen molar-refractivity contribution in [2.75, 3.05) is 26.8 Å². The van der Waals surface area contributed by atoms with Crippen molar-refractivity contribution in [3.63, 3.8) is 0 Å². The molecular formula is C13H21ClN2O3S. The minimum absolute atomic E-state index is 0.288. The normalized spacial score (nSPS) is 20.6. The molecule has 1 unspecified atom stereocenters. The van der Waals surface area contributed by atoms with E-state index in [2.05, 4.69) is 0 Å². The van der Waals surface area contributed by atoms with Crippen molar-refractivity contribution in [3.8, 4) is 0 Å². The molecule has 0 N–H and O–H groups in total. The van der Waals surface area contributed by atoms with Gasteiger partial charge < -0.3 is 9.30 Å². The molecule has 2 rings (SSSR count). The molecule has 0 bridgehead atoms. The van der Waals surface area contributed by atoms with Crippen molar-refractivity contribution in [2.45, 2.75) is 30.7 Å². The maximum absolute atomic E-state index is 12.6. The molecule has 0 amide bonds. The average molecular weight is 321 g/mol. The van der Waals surface area contributed by atoms with Gasteiger partial charge in [-0.3, -0.25) is 0 Å². The third-order valence-corrected chi connectivity index (χ3v) is 5.83. The van der Waals surface area contributed by atoms with E-state index in [4.69, 9.17) is 16.3 Å². The van der Waals surface area contributed by atoms with Gasteiger partial charge in [0.2, 0.25) is 10.0 Å². The van der Waals surface area contributed by atoms with E-state index in [0.717, 1.165) is 12.1 Å². The van der Waals surface area contributed by atoms with Crippen LogP contribution in [-0.2, 0) is 27.2 Å². The molecule has 1 saturated heterocycles. The Labute approximate surface area is 125 Å². The lowest BCUT2D eigenvalue weighted by molar-refractivity contribution is 0.157. The van der Waals surface area contributed by atoms with Gasteiger partial charge in [-0.15, -0.1) is 11.6 Å². The van der Waals surface area contributed by atoms with E-state index in [1.165, 1.54) is 0 Å². The second kappa shape index (κ2) is 6.47. The highest BCUT2D eigenvalue weighted by atomic mass is 35.5. The zero-order valence-electron chi connectivity index (χ0n) is 11.9. The van der Waals surface area contributed by atoms with Crippen LogP contribution in [0.4, 0.5) is 0 Å². The predicted octanol–water partition coefficient (Wildman–Crippen LogP) is 1.90. The Morgan fingerprint density at radius 1 is 1.50 bits per heavy atom. The quantitative estimate of drug-likeness (QED) is 0.752. The van der Waals surface area contributed by atoms with Crippen LogP contribution in [0.2, 0.25) is 0 Å². The number of alkyl halides is 1. The minimum atomic E-state index is -3.41. The molecule has 20 heavy (non-hydrogen) atoms. The van der Waals surface area contributed by atoms with Gasteiger partial charge in [-0.1, -0.05) is 0 Å². The fourth-order valence-electron chi connectivity index (χ4n) is 2.61. The second-order valence-corrected chi connectivity index (χ2v) is 7.27. The van der Waals surface area contributed by atoms with E-state index >= 15 is 0 Å². The summed E-state index contributed by atoms with van der Waals surface area (Å²) in [6.07, 6.45) is 2.53. The number of methoxy groups -OCH3 is 1. The minimum Gasteiger partial charge on any atom is -0.384 e. The van der Waals surface area contributed by atoms with E-state index in [9.17, 15) is 8.42 Å². The SMILES string of the molecule is CCn1cc(S(=O)(=O)N2CCC(COC)C2)cc1CCl. The molecule has 1 aromatic rings. The molecule has 1 aliphatic rings. The van der Waals surface area contributed by atoms with E-state index in [1.54, 1.807) is 23.7 Å². The van der Waals surface area contributed by atoms with Gasteiger partial charge in [0.25, 0.3) is 0 Å². The average Bonchev–Trinajstić information content (AvgIpc) is 3.05. The summed E-state index contributed by atoms with van der Waals surface area (Å²) in [7, 11) is -1.77. The molecule has 1 atom stereocenters. The third kappa shape index (κ3) is 3.03. The standard InChI is InChI=1S/C13H21ClN2O3S/c1-3-15-9-13(6-12(15)7-14)20(17,18)16-5-4-11(8-16)10-19-2/h6,9,11H,3-5,7-8,10H2,1-2H3. The third-order valence-electron chi connectivity index (χ3n) is 3.73. The summed E-state index contributed by atoms with van der Waals surface area (Å²) in [4.78, 5) is 0.341.